The lowest BCUT2D eigenvalue weighted by atomic mass is 10.1. The highest BCUT2D eigenvalue weighted by Gasteiger charge is 2.11. The standard InChI is InChI=1S/C23H27F2N5O2/c1-2-26-23(28-14-20(31)18-8-10-19(11-9-18)32-22(24)25)29-15-21-27-12-13-30(21)16-17-6-4-3-5-7-17/h3-13,20,22,31H,2,14-16H2,1H3,(H2,26,28,29). The maximum absolute atomic E-state index is 12.3. The third kappa shape index (κ3) is 7.05. The number of hydrogen-bond donors (Lipinski definition) is 3. The molecule has 1 heterocycles. The van der Waals surface area contributed by atoms with E-state index < -0.39 is 12.7 Å². The minimum atomic E-state index is -2.88. The number of halogens is 2. The molecule has 1 unspecified atom stereocenters. The van der Waals surface area contributed by atoms with Crippen LogP contribution in [0.3, 0.4) is 0 Å². The lowest BCUT2D eigenvalue weighted by molar-refractivity contribution is -0.0498. The monoisotopic (exact) mass is 443 g/mol. The molecule has 0 spiro atoms. The van der Waals surface area contributed by atoms with Gasteiger partial charge in [-0.25, -0.2) is 9.98 Å². The maximum Gasteiger partial charge on any atom is 0.387 e. The molecule has 0 aliphatic rings. The van der Waals surface area contributed by atoms with Crippen molar-refractivity contribution in [3.8, 4) is 5.75 Å². The molecule has 0 aliphatic carbocycles. The number of nitrogens with zero attached hydrogens (tertiary/aromatic N) is 3. The number of rotatable bonds is 10. The summed E-state index contributed by atoms with van der Waals surface area (Å²) in [7, 11) is 0. The molecule has 0 fully saturated rings. The molecule has 0 bridgehead atoms. The second-order valence-corrected chi connectivity index (χ2v) is 7.00. The molecule has 1 aromatic heterocycles. The summed E-state index contributed by atoms with van der Waals surface area (Å²) >= 11 is 0. The number of guanidine groups is 1. The van der Waals surface area contributed by atoms with Gasteiger partial charge in [0.25, 0.3) is 0 Å². The van der Waals surface area contributed by atoms with E-state index in [0.717, 1.165) is 5.82 Å². The van der Waals surface area contributed by atoms with Crippen molar-refractivity contribution in [1.82, 2.24) is 20.2 Å². The van der Waals surface area contributed by atoms with Crippen LogP contribution in [0, 0.1) is 0 Å². The highest BCUT2D eigenvalue weighted by molar-refractivity contribution is 5.79. The molecule has 7 nitrogen and oxygen atoms in total. The first-order chi connectivity index (χ1) is 15.5. The van der Waals surface area contributed by atoms with Crippen LogP contribution in [0.25, 0.3) is 0 Å². The van der Waals surface area contributed by atoms with Crippen LogP contribution in [0.2, 0.25) is 0 Å². The Morgan fingerprint density at radius 2 is 1.88 bits per heavy atom. The number of ether oxygens (including phenoxy) is 1. The predicted molar refractivity (Wildman–Crippen MR) is 119 cm³/mol. The number of nitrogens with one attached hydrogen (secondary N) is 2. The molecule has 3 aromatic rings. The van der Waals surface area contributed by atoms with Gasteiger partial charge in [0.05, 0.1) is 6.10 Å². The zero-order valence-electron chi connectivity index (χ0n) is 17.8. The van der Waals surface area contributed by atoms with Crippen molar-refractivity contribution in [1.29, 1.82) is 0 Å². The summed E-state index contributed by atoms with van der Waals surface area (Å²) in [6.45, 7) is 0.991. The first-order valence-electron chi connectivity index (χ1n) is 10.3. The van der Waals surface area contributed by atoms with Crippen molar-refractivity contribution in [2.45, 2.75) is 32.7 Å². The fourth-order valence-electron chi connectivity index (χ4n) is 3.09. The van der Waals surface area contributed by atoms with E-state index in [0.29, 0.717) is 31.2 Å². The number of imidazole rings is 1. The summed E-state index contributed by atoms with van der Waals surface area (Å²) in [5.74, 6) is 1.41. The lowest BCUT2D eigenvalue weighted by Crippen LogP contribution is -2.39. The molecule has 3 rings (SSSR count). The molecule has 0 aliphatic heterocycles. The average Bonchev–Trinajstić information content (AvgIpc) is 3.23. The average molecular weight is 443 g/mol. The SMILES string of the molecule is CCNC(=NCc1nccn1Cc1ccccc1)NCC(O)c1ccc(OC(F)F)cc1. The van der Waals surface area contributed by atoms with Crippen LogP contribution in [-0.4, -0.2) is 40.3 Å². The van der Waals surface area contributed by atoms with Crippen LogP contribution in [0.4, 0.5) is 8.78 Å². The zero-order chi connectivity index (χ0) is 22.8. The van der Waals surface area contributed by atoms with Gasteiger partial charge in [-0.15, -0.1) is 0 Å². The Bertz CT molecular complexity index is 978. The molecule has 32 heavy (non-hydrogen) atoms. The van der Waals surface area contributed by atoms with Crippen molar-refractivity contribution in [2.24, 2.45) is 4.99 Å². The summed E-state index contributed by atoms with van der Waals surface area (Å²) in [4.78, 5) is 8.97. The molecule has 2 aromatic carbocycles. The van der Waals surface area contributed by atoms with Gasteiger partial charge < -0.3 is 25.0 Å². The molecule has 0 amide bonds. The molecule has 9 heteroatoms. The number of benzene rings is 2. The van der Waals surface area contributed by atoms with E-state index in [1.807, 2.05) is 35.9 Å². The smallest absolute Gasteiger partial charge is 0.387 e. The second-order valence-electron chi connectivity index (χ2n) is 7.00. The summed E-state index contributed by atoms with van der Waals surface area (Å²) in [6.07, 6.45) is 2.82. The third-order valence-corrected chi connectivity index (χ3v) is 4.67. The number of aliphatic hydroxyl groups is 1. The Labute approximate surface area is 185 Å². The summed E-state index contributed by atoms with van der Waals surface area (Å²) in [5.41, 5.74) is 1.75. The topological polar surface area (TPSA) is 83.7 Å². The largest absolute Gasteiger partial charge is 0.435 e. The minimum absolute atomic E-state index is 0.0461. The van der Waals surface area contributed by atoms with Crippen LogP contribution >= 0.6 is 0 Å². The molecule has 0 saturated carbocycles. The Morgan fingerprint density at radius 3 is 2.56 bits per heavy atom. The van der Waals surface area contributed by atoms with Crippen LogP contribution in [0.5, 0.6) is 5.75 Å². The van der Waals surface area contributed by atoms with E-state index in [-0.39, 0.29) is 12.3 Å². The normalized spacial score (nSPS) is 12.6. The van der Waals surface area contributed by atoms with Gasteiger partial charge in [-0.2, -0.15) is 8.78 Å². The van der Waals surface area contributed by atoms with Crippen molar-refractivity contribution in [3.63, 3.8) is 0 Å². The van der Waals surface area contributed by atoms with Crippen LogP contribution < -0.4 is 15.4 Å². The van der Waals surface area contributed by atoms with Gasteiger partial charge >= 0.3 is 6.61 Å². The highest BCUT2D eigenvalue weighted by Crippen LogP contribution is 2.19. The van der Waals surface area contributed by atoms with E-state index in [4.69, 9.17) is 0 Å². The molecule has 0 saturated heterocycles. The van der Waals surface area contributed by atoms with E-state index in [1.165, 1.54) is 17.7 Å². The van der Waals surface area contributed by atoms with E-state index in [2.05, 4.69) is 37.5 Å². The molecular weight excluding hydrogens is 416 g/mol. The highest BCUT2D eigenvalue weighted by atomic mass is 19.3. The van der Waals surface area contributed by atoms with Gasteiger partial charge in [0.15, 0.2) is 5.96 Å². The predicted octanol–water partition coefficient (Wildman–Crippen LogP) is 3.32. The van der Waals surface area contributed by atoms with Gasteiger partial charge in [-0.3, -0.25) is 0 Å². The third-order valence-electron chi connectivity index (χ3n) is 4.67. The van der Waals surface area contributed by atoms with E-state index in [9.17, 15) is 13.9 Å². The van der Waals surface area contributed by atoms with Crippen LogP contribution in [0.1, 0.15) is 30.0 Å². The fraction of sp³-hybridized carbons (Fsp3) is 0.304. The number of hydrogen-bond acceptors (Lipinski definition) is 4. The van der Waals surface area contributed by atoms with Crippen molar-refractivity contribution < 1.29 is 18.6 Å². The molecule has 3 N–H and O–H groups in total. The van der Waals surface area contributed by atoms with Gasteiger partial charge in [0.1, 0.15) is 18.1 Å². The Hall–Kier alpha value is -3.46. The molecular formula is C23H27F2N5O2. The van der Waals surface area contributed by atoms with Gasteiger partial charge in [0.2, 0.25) is 0 Å². The molecule has 170 valence electrons. The van der Waals surface area contributed by atoms with E-state index >= 15 is 0 Å². The van der Waals surface area contributed by atoms with Crippen molar-refractivity contribution in [3.05, 3.63) is 83.9 Å². The first kappa shape index (κ1) is 23.2. The number of alkyl halides is 2. The van der Waals surface area contributed by atoms with Gasteiger partial charge in [-0.1, -0.05) is 42.5 Å². The number of aliphatic hydroxyl groups excluding tert-OH is 1. The van der Waals surface area contributed by atoms with Crippen LogP contribution in [0.15, 0.2) is 72.0 Å². The number of aromatic nitrogens is 2. The first-order valence-corrected chi connectivity index (χ1v) is 10.3. The quantitative estimate of drug-likeness (QED) is 0.331. The molecule has 1 atom stereocenters. The van der Waals surface area contributed by atoms with E-state index in [1.54, 1.807) is 18.3 Å². The summed E-state index contributed by atoms with van der Waals surface area (Å²) in [6, 6.07) is 16.0. The van der Waals surface area contributed by atoms with Crippen molar-refractivity contribution in [2.75, 3.05) is 13.1 Å². The number of aliphatic imine (C=N–C) groups is 1. The Balaban J connectivity index is 1.58. The zero-order valence-corrected chi connectivity index (χ0v) is 17.8. The summed E-state index contributed by atoms with van der Waals surface area (Å²) in [5, 5.41) is 16.7. The lowest BCUT2D eigenvalue weighted by Gasteiger charge is -2.16. The van der Waals surface area contributed by atoms with Gasteiger partial charge in [-0.05, 0) is 30.2 Å². The Morgan fingerprint density at radius 1 is 1.12 bits per heavy atom. The van der Waals surface area contributed by atoms with Crippen LogP contribution in [-0.2, 0) is 13.1 Å². The summed E-state index contributed by atoms with van der Waals surface area (Å²) < 4.78 is 30.9. The minimum Gasteiger partial charge on any atom is -0.435 e. The Kier molecular flexibility index (Phi) is 8.56. The van der Waals surface area contributed by atoms with Gasteiger partial charge in [0, 0.05) is 32.0 Å². The fourth-order valence-corrected chi connectivity index (χ4v) is 3.09. The second kappa shape index (κ2) is 11.8. The molecule has 0 radical (unpaired) electrons. The maximum atomic E-state index is 12.3. The van der Waals surface area contributed by atoms with Crippen molar-refractivity contribution >= 4 is 5.96 Å².